The summed E-state index contributed by atoms with van der Waals surface area (Å²) >= 11 is 0. The van der Waals surface area contributed by atoms with E-state index in [-0.39, 0.29) is 10.8 Å². The third-order valence-corrected chi connectivity index (χ3v) is 10.9. The number of hydrogen-bond acceptors (Lipinski definition) is 2. The molecule has 0 heterocycles. The number of allylic oxidation sites excluding steroid dienone is 8. The summed E-state index contributed by atoms with van der Waals surface area (Å²) in [7, 11) is 0. The first-order chi connectivity index (χ1) is 20.8. The van der Waals surface area contributed by atoms with Gasteiger partial charge in [-0.1, -0.05) is 113 Å². The molecule has 2 fully saturated rings. The van der Waals surface area contributed by atoms with Gasteiger partial charge in [0, 0.05) is 23.8 Å². The van der Waals surface area contributed by atoms with Crippen molar-refractivity contribution in [1.82, 2.24) is 0 Å². The maximum Gasteiger partial charge on any atom is 0.128 e. The number of aliphatic imine (C=N–C) groups is 1. The molecule has 2 aromatic rings. The van der Waals surface area contributed by atoms with Gasteiger partial charge < -0.3 is 5.11 Å². The van der Waals surface area contributed by atoms with E-state index in [1.54, 1.807) is 6.21 Å². The molecule has 2 nitrogen and oxygen atoms in total. The summed E-state index contributed by atoms with van der Waals surface area (Å²) in [5, 5.41) is 10.8. The molecule has 2 aromatic carbocycles. The number of rotatable bonds is 6. The third-order valence-electron chi connectivity index (χ3n) is 10.9. The highest BCUT2D eigenvalue weighted by Gasteiger charge is 2.56. The summed E-state index contributed by atoms with van der Waals surface area (Å²) < 4.78 is 0. The van der Waals surface area contributed by atoms with Crippen LogP contribution in [-0.4, -0.2) is 11.3 Å². The summed E-state index contributed by atoms with van der Waals surface area (Å²) in [6.45, 7) is 8.94. The monoisotopic (exact) mass is 569 g/mol. The summed E-state index contributed by atoms with van der Waals surface area (Å²) in [4.78, 5) is 4.63. The topological polar surface area (TPSA) is 32.6 Å². The molecular formula is C41H47NO. The Morgan fingerprint density at radius 1 is 0.814 bits per heavy atom. The lowest BCUT2D eigenvalue weighted by Gasteiger charge is -2.46. The molecule has 1 N–H and O–H groups in total. The van der Waals surface area contributed by atoms with Crippen LogP contribution in [0.25, 0.3) is 0 Å². The first-order valence-corrected chi connectivity index (χ1v) is 16.4. The molecule has 0 radical (unpaired) electrons. The molecule has 6 rings (SSSR count). The van der Waals surface area contributed by atoms with Crippen molar-refractivity contribution >= 4 is 11.9 Å². The van der Waals surface area contributed by atoms with Crippen LogP contribution in [0.4, 0.5) is 5.69 Å². The predicted octanol–water partition coefficient (Wildman–Crippen LogP) is 10.1. The second kappa shape index (κ2) is 12.2. The van der Waals surface area contributed by atoms with Crippen molar-refractivity contribution in [3.05, 3.63) is 108 Å². The Morgan fingerprint density at radius 3 is 2.02 bits per heavy atom. The van der Waals surface area contributed by atoms with Gasteiger partial charge in [-0.25, -0.2) is 0 Å². The molecule has 0 bridgehead atoms. The molecule has 3 unspecified atom stereocenters. The fourth-order valence-corrected chi connectivity index (χ4v) is 8.68. The van der Waals surface area contributed by atoms with Crippen molar-refractivity contribution in [2.45, 2.75) is 71.6 Å². The fraction of sp³-hybridized carbons (Fsp3) is 0.439. The van der Waals surface area contributed by atoms with E-state index in [1.807, 2.05) is 30.3 Å². The minimum absolute atomic E-state index is 0.126. The molecule has 0 amide bonds. The molecule has 4 aliphatic rings. The smallest absolute Gasteiger partial charge is 0.128 e. The zero-order valence-corrected chi connectivity index (χ0v) is 26.3. The van der Waals surface area contributed by atoms with Crippen LogP contribution in [0.3, 0.4) is 0 Å². The normalized spacial score (nSPS) is 27.6. The molecule has 0 spiro atoms. The maximum absolute atomic E-state index is 10.8. The standard InChI is InChI=1S/C41H47NO/c1-40(2,3)37-22-13-15-30(39(37)43)28-42-32-25-23-29(24-26-32)14-11-12-27-41(4,31-16-5-6-17-31)38-35-20-9-7-18-33(35)34-19-8-10-21-36(34)38/h7-10,13,15,18-26,28,31,33-36,38,43H,5-6,12,16-17,27H2,1-4H3/t33-,34?,35+,36+,38?,41?/m0/s1. The van der Waals surface area contributed by atoms with Crippen LogP contribution in [0, 0.1) is 52.8 Å². The lowest BCUT2D eigenvalue weighted by Crippen LogP contribution is -2.40. The molecule has 0 saturated heterocycles. The van der Waals surface area contributed by atoms with E-state index in [1.165, 1.54) is 25.7 Å². The van der Waals surface area contributed by atoms with Crippen molar-refractivity contribution in [2.24, 2.45) is 45.9 Å². The number of nitrogens with zero attached hydrogens (tertiary/aromatic N) is 1. The van der Waals surface area contributed by atoms with Gasteiger partial charge >= 0.3 is 0 Å². The summed E-state index contributed by atoms with van der Waals surface area (Å²) in [6, 6.07) is 14.0. The van der Waals surface area contributed by atoms with E-state index in [2.05, 4.69) is 105 Å². The number of hydrogen-bond donors (Lipinski definition) is 1. The maximum atomic E-state index is 10.8. The number of para-hydroxylation sites is 1. The Bertz CT molecular complexity index is 1480. The van der Waals surface area contributed by atoms with Crippen LogP contribution in [0.15, 0.2) is 96.1 Å². The highest BCUT2D eigenvalue weighted by atomic mass is 16.3. The van der Waals surface area contributed by atoms with Crippen molar-refractivity contribution in [3.63, 3.8) is 0 Å². The molecule has 6 atom stereocenters. The molecule has 0 aliphatic heterocycles. The van der Waals surface area contributed by atoms with Crippen LogP contribution in [0.2, 0.25) is 0 Å². The lowest BCUT2D eigenvalue weighted by atomic mass is 9.58. The SMILES string of the molecule is CC(C)(C)c1cccc(C=Nc2ccc(C#CCCC(C)(C3CCCC3)C3[C@@H]4C=CC=CC4[C@@H]4C=CC=C[C@@H]34)cc2)c1O. The Balaban J connectivity index is 1.15. The van der Waals surface area contributed by atoms with Gasteiger partial charge in [-0.05, 0) is 101 Å². The predicted molar refractivity (Wildman–Crippen MR) is 181 cm³/mol. The molecule has 2 saturated carbocycles. The largest absolute Gasteiger partial charge is 0.507 e. The second-order valence-corrected chi connectivity index (χ2v) is 14.5. The molecule has 2 heteroatoms. The Morgan fingerprint density at radius 2 is 1.42 bits per heavy atom. The first-order valence-electron chi connectivity index (χ1n) is 16.4. The zero-order valence-electron chi connectivity index (χ0n) is 26.3. The van der Waals surface area contributed by atoms with Crippen molar-refractivity contribution in [2.75, 3.05) is 0 Å². The van der Waals surface area contributed by atoms with E-state index in [0.717, 1.165) is 41.1 Å². The quantitative estimate of drug-likeness (QED) is 0.272. The van der Waals surface area contributed by atoms with Crippen LogP contribution in [0.1, 0.15) is 82.9 Å². The van der Waals surface area contributed by atoms with Crippen LogP contribution < -0.4 is 0 Å². The molecule has 4 aliphatic carbocycles. The fourth-order valence-electron chi connectivity index (χ4n) is 8.68. The van der Waals surface area contributed by atoms with Crippen molar-refractivity contribution < 1.29 is 5.11 Å². The average molecular weight is 570 g/mol. The van der Waals surface area contributed by atoms with Gasteiger partial charge in [-0.2, -0.15) is 0 Å². The zero-order chi connectivity index (χ0) is 30.0. The summed E-state index contributed by atoms with van der Waals surface area (Å²) in [6.07, 6.45) is 28.5. The van der Waals surface area contributed by atoms with Crippen LogP contribution >= 0.6 is 0 Å². The van der Waals surface area contributed by atoms with Gasteiger partial charge in [0.1, 0.15) is 5.75 Å². The van der Waals surface area contributed by atoms with Gasteiger partial charge in [0.25, 0.3) is 0 Å². The number of phenolic OH excluding ortho intramolecular Hbond substituents is 1. The second-order valence-electron chi connectivity index (χ2n) is 14.5. The Labute approximate surface area is 259 Å². The van der Waals surface area contributed by atoms with Crippen molar-refractivity contribution in [3.8, 4) is 17.6 Å². The van der Waals surface area contributed by atoms with E-state index >= 15 is 0 Å². The van der Waals surface area contributed by atoms with Crippen molar-refractivity contribution in [1.29, 1.82) is 0 Å². The number of aromatic hydroxyl groups is 1. The summed E-state index contributed by atoms with van der Waals surface area (Å²) in [5.74, 6) is 11.3. The Hall–Kier alpha value is -3.57. The van der Waals surface area contributed by atoms with Gasteiger partial charge in [0.15, 0.2) is 0 Å². The van der Waals surface area contributed by atoms with E-state index in [4.69, 9.17) is 0 Å². The van der Waals surface area contributed by atoms with E-state index in [0.29, 0.717) is 35.3 Å². The number of phenols is 1. The molecular weight excluding hydrogens is 522 g/mol. The summed E-state index contributed by atoms with van der Waals surface area (Å²) in [5.41, 5.74) is 3.71. The van der Waals surface area contributed by atoms with Gasteiger partial charge in [0.2, 0.25) is 0 Å². The molecule has 0 aromatic heterocycles. The number of benzene rings is 2. The lowest BCUT2D eigenvalue weighted by molar-refractivity contribution is 0.0465. The first kappa shape index (κ1) is 29.5. The van der Waals surface area contributed by atoms with Crippen LogP contribution in [-0.2, 0) is 5.41 Å². The van der Waals surface area contributed by atoms with Gasteiger partial charge in [-0.15, -0.1) is 0 Å². The van der Waals surface area contributed by atoms with Gasteiger partial charge in [-0.3, -0.25) is 4.99 Å². The highest BCUT2D eigenvalue weighted by molar-refractivity contribution is 5.86. The van der Waals surface area contributed by atoms with E-state index < -0.39 is 0 Å². The highest BCUT2D eigenvalue weighted by Crippen LogP contribution is 2.62. The van der Waals surface area contributed by atoms with Gasteiger partial charge in [0.05, 0.1) is 5.69 Å². The molecule has 222 valence electrons. The Kier molecular flexibility index (Phi) is 8.37. The minimum Gasteiger partial charge on any atom is -0.507 e. The third kappa shape index (κ3) is 5.97. The minimum atomic E-state index is -0.126. The molecule has 43 heavy (non-hydrogen) atoms. The average Bonchev–Trinajstić information content (AvgIpc) is 3.67. The van der Waals surface area contributed by atoms with E-state index in [9.17, 15) is 5.11 Å². The number of fused-ring (bicyclic) bond motifs is 3. The van der Waals surface area contributed by atoms with Crippen LogP contribution in [0.5, 0.6) is 5.75 Å².